The lowest BCUT2D eigenvalue weighted by molar-refractivity contribution is 0.534. The molecule has 0 amide bonds. The van der Waals surface area contributed by atoms with E-state index >= 15 is 0 Å². The van der Waals surface area contributed by atoms with Gasteiger partial charge in [0.1, 0.15) is 0 Å². The van der Waals surface area contributed by atoms with Gasteiger partial charge in [-0.2, -0.15) is 0 Å². The van der Waals surface area contributed by atoms with E-state index in [1.807, 2.05) is 6.07 Å². The summed E-state index contributed by atoms with van der Waals surface area (Å²) in [4.78, 5) is 0. The third kappa shape index (κ3) is 2.79. The van der Waals surface area contributed by atoms with E-state index in [9.17, 15) is 0 Å². The third-order valence-electron chi connectivity index (χ3n) is 2.83. The molecule has 0 fully saturated rings. The molecule has 1 heterocycles. The molecule has 1 aromatic carbocycles. The molecule has 90 valence electrons. The highest BCUT2D eigenvalue weighted by atomic mass is 79.9. The van der Waals surface area contributed by atoms with Gasteiger partial charge in [-0.15, -0.1) is 0 Å². The van der Waals surface area contributed by atoms with Gasteiger partial charge in [-0.1, -0.05) is 37.6 Å². The summed E-state index contributed by atoms with van der Waals surface area (Å²) in [5.74, 6) is 0. The number of nitrogens with two attached hydrogens (primary N) is 1. The van der Waals surface area contributed by atoms with Crippen molar-refractivity contribution in [2.75, 3.05) is 0 Å². The quantitative estimate of drug-likeness (QED) is 0.924. The molecule has 0 saturated carbocycles. The van der Waals surface area contributed by atoms with Gasteiger partial charge in [0.05, 0.1) is 12.3 Å². The maximum Gasteiger partial charge on any atom is 0.174 e. The van der Waals surface area contributed by atoms with Crippen LogP contribution >= 0.6 is 15.9 Å². The molecule has 3 heteroatoms. The molecule has 2 nitrogen and oxygen atoms in total. The largest absolute Gasteiger partial charge is 0.457 e. The van der Waals surface area contributed by atoms with Gasteiger partial charge in [-0.3, -0.25) is 0 Å². The number of rotatable bonds is 4. The summed E-state index contributed by atoms with van der Waals surface area (Å²) in [6.07, 6.45) is 3.89. The number of aryl methyl sites for hydroxylation is 1. The molecule has 2 aromatic rings. The minimum Gasteiger partial charge on any atom is -0.457 e. The second-order valence-corrected chi connectivity index (χ2v) is 4.84. The van der Waals surface area contributed by atoms with Gasteiger partial charge in [0.25, 0.3) is 0 Å². The molecule has 1 atom stereocenters. The molecule has 0 saturated heterocycles. The van der Waals surface area contributed by atoms with Crippen LogP contribution in [0.3, 0.4) is 0 Å². The van der Waals surface area contributed by atoms with Crippen molar-refractivity contribution in [2.45, 2.75) is 25.8 Å². The Morgan fingerprint density at radius 1 is 1.35 bits per heavy atom. The van der Waals surface area contributed by atoms with E-state index < -0.39 is 0 Å². The molecule has 0 bridgehead atoms. The van der Waals surface area contributed by atoms with Crippen molar-refractivity contribution in [1.29, 1.82) is 0 Å². The monoisotopic (exact) mass is 293 g/mol. The number of hydrogen-bond acceptors (Lipinski definition) is 2. The van der Waals surface area contributed by atoms with Crippen molar-refractivity contribution >= 4 is 15.9 Å². The average molecular weight is 294 g/mol. The predicted molar refractivity (Wildman–Crippen MR) is 72.9 cm³/mol. The maximum atomic E-state index is 6.24. The number of furan rings is 1. The van der Waals surface area contributed by atoms with Crippen molar-refractivity contribution in [3.05, 3.63) is 58.0 Å². The lowest BCUT2D eigenvalue weighted by Crippen LogP contribution is -2.11. The SMILES string of the molecule is CCCc1cccc(C(N)c2ccoc2Br)c1. The van der Waals surface area contributed by atoms with E-state index in [1.54, 1.807) is 6.26 Å². The Kier molecular flexibility index (Phi) is 4.02. The van der Waals surface area contributed by atoms with E-state index in [0.717, 1.165) is 24.0 Å². The van der Waals surface area contributed by atoms with Gasteiger partial charge < -0.3 is 10.2 Å². The Morgan fingerprint density at radius 3 is 2.82 bits per heavy atom. The van der Waals surface area contributed by atoms with Crippen LogP contribution in [0.5, 0.6) is 0 Å². The molecule has 0 aliphatic heterocycles. The maximum absolute atomic E-state index is 6.24. The Balaban J connectivity index is 2.28. The fraction of sp³-hybridized carbons (Fsp3) is 0.286. The Hall–Kier alpha value is -1.06. The zero-order valence-corrected chi connectivity index (χ0v) is 11.4. The minimum absolute atomic E-state index is 0.139. The summed E-state index contributed by atoms with van der Waals surface area (Å²) in [6.45, 7) is 2.18. The summed E-state index contributed by atoms with van der Waals surface area (Å²) < 4.78 is 5.94. The van der Waals surface area contributed by atoms with Crippen molar-refractivity contribution in [3.8, 4) is 0 Å². The van der Waals surface area contributed by atoms with Crippen LogP contribution in [0.2, 0.25) is 0 Å². The third-order valence-corrected chi connectivity index (χ3v) is 3.47. The zero-order chi connectivity index (χ0) is 12.3. The van der Waals surface area contributed by atoms with Crippen LogP contribution in [0.1, 0.15) is 36.1 Å². The van der Waals surface area contributed by atoms with Crippen molar-refractivity contribution < 1.29 is 4.42 Å². The van der Waals surface area contributed by atoms with Gasteiger partial charge in [-0.25, -0.2) is 0 Å². The van der Waals surface area contributed by atoms with Crippen molar-refractivity contribution in [3.63, 3.8) is 0 Å². The fourth-order valence-corrected chi connectivity index (χ4v) is 2.42. The molecule has 1 unspecified atom stereocenters. The lowest BCUT2D eigenvalue weighted by atomic mass is 9.99. The molecule has 2 N–H and O–H groups in total. The predicted octanol–water partition coefficient (Wildman–Crippen LogP) is 4.04. The molecular weight excluding hydrogens is 278 g/mol. The molecule has 0 aliphatic rings. The molecule has 17 heavy (non-hydrogen) atoms. The minimum atomic E-state index is -0.139. The smallest absolute Gasteiger partial charge is 0.174 e. The van der Waals surface area contributed by atoms with Crippen LogP contribution < -0.4 is 5.73 Å². The second-order valence-electron chi connectivity index (χ2n) is 4.12. The first kappa shape index (κ1) is 12.4. The van der Waals surface area contributed by atoms with E-state index in [-0.39, 0.29) is 6.04 Å². The second kappa shape index (κ2) is 5.52. The van der Waals surface area contributed by atoms with Crippen LogP contribution in [0.15, 0.2) is 45.7 Å². The summed E-state index contributed by atoms with van der Waals surface area (Å²) in [6, 6.07) is 10.2. The Bertz CT molecular complexity index is 492. The average Bonchev–Trinajstić information content (AvgIpc) is 2.75. The molecule has 2 rings (SSSR count). The fourth-order valence-electron chi connectivity index (χ4n) is 1.94. The molecular formula is C14H16BrNO. The van der Waals surface area contributed by atoms with Crippen LogP contribution in [0.25, 0.3) is 0 Å². The number of benzene rings is 1. The topological polar surface area (TPSA) is 39.2 Å². The Labute approximate surface area is 110 Å². The standard InChI is InChI=1S/C14H16BrNO/c1-2-4-10-5-3-6-11(9-10)13(16)12-7-8-17-14(12)15/h3,5-9,13H,2,4,16H2,1H3. The molecule has 0 aliphatic carbocycles. The summed E-state index contributed by atoms with van der Waals surface area (Å²) >= 11 is 3.37. The summed E-state index contributed by atoms with van der Waals surface area (Å²) in [7, 11) is 0. The van der Waals surface area contributed by atoms with Crippen LogP contribution in [-0.4, -0.2) is 0 Å². The van der Waals surface area contributed by atoms with E-state index in [0.29, 0.717) is 4.67 Å². The van der Waals surface area contributed by atoms with E-state index in [1.165, 1.54) is 5.56 Å². The Morgan fingerprint density at radius 2 is 2.18 bits per heavy atom. The summed E-state index contributed by atoms with van der Waals surface area (Å²) in [5.41, 5.74) is 9.68. The molecule has 1 aromatic heterocycles. The molecule has 0 spiro atoms. The van der Waals surface area contributed by atoms with Gasteiger partial charge in [0.2, 0.25) is 0 Å². The first-order valence-corrected chi connectivity index (χ1v) is 6.59. The first-order chi connectivity index (χ1) is 8.22. The normalized spacial score (nSPS) is 12.6. The highest BCUT2D eigenvalue weighted by Crippen LogP contribution is 2.28. The first-order valence-electron chi connectivity index (χ1n) is 5.79. The van der Waals surface area contributed by atoms with Gasteiger partial charge in [0, 0.05) is 5.56 Å². The van der Waals surface area contributed by atoms with E-state index in [4.69, 9.17) is 10.2 Å². The highest BCUT2D eigenvalue weighted by Gasteiger charge is 2.14. The summed E-state index contributed by atoms with van der Waals surface area (Å²) in [5, 5.41) is 0. The van der Waals surface area contributed by atoms with Crippen molar-refractivity contribution in [2.24, 2.45) is 5.73 Å². The van der Waals surface area contributed by atoms with Crippen LogP contribution in [0.4, 0.5) is 0 Å². The van der Waals surface area contributed by atoms with Crippen molar-refractivity contribution in [1.82, 2.24) is 0 Å². The van der Waals surface area contributed by atoms with Gasteiger partial charge >= 0.3 is 0 Å². The zero-order valence-electron chi connectivity index (χ0n) is 9.82. The molecule has 0 radical (unpaired) electrons. The van der Waals surface area contributed by atoms with Crippen LogP contribution in [0, 0.1) is 0 Å². The number of hydrogen-bond donors (Lipinski definition) is 1. The number of halogens is 1. The van der Waals surface area contributed by atoms with Gasteiger partial charge in [-0.05, 0) is 39.5 Å². The highest BCUT2D eigenvalue weighted by molar-refractivity contribution is 9.10. The van der Waals surface area contributed by atoms with Gasteiger partial charge in [0.15, 0.2) is 4.67 Å². The van der Waals surface area contributed by atoms with E-state index in [2.05, 4.69) is 47.1 Å². The van der Waals surface area contributed by atoms with Crippen LogP contribution in [-0.2, 0) is 6.42 Å². The lowest BCUT2D eigenvalue weighted by Gasteiger charge is -2.12.